The maximum Gasteiger partial charge on any atom is 0.267 e. The lowest BCUT2D eigenvalue weighted by Gasteiger charge is -2.30. The van der Waals surface area contributed by atoms with Crippen LogP contribution in [0, 0.1) is 6.92 Å². The van der Waals surface area contributed by atoms with Crippen LogP contribution in [-0.4, -0.2) is 26.6 Å². The Balaban J connectivity index is 1.90. The van der Waals surface area contributed by atoms with E-state index in [1.54, 1.807) is 17.9 Å². The molecule has 150 valence electrons. The number of rotatable bonds is 6. The summed E-state index contributed by atoms with van der Waals surface area (Å²) >= 11 is 0. The van der Waals surface area contributed by atoms with Crippen molar-refractivity contribution in [3.8, 4) is 11.3 Å². The molecule has 0 saturated carbocycles. The summed E-state index contributed by atoms with van der Waals surface area (Å²) in [4.78, 5) is 27.5. The molecule has 29 heavy (non-hydrogen) atoms. The van der Waals surface area contributed by atoms with Gasteiger partial charge in [0.1, 0.15) is 6.04 Å². The monoisotopic (exact) mass is 389 g/mol. The molecule has 5 heteroatoms. The third-order valence-corrected chi connectivity index (χ3v) is 5.00. The standard InChI is InChI=1S/C24H27N3O2/c1-17(2)26(16-20-8-6-5-7-9-20)24(29)19(4)27-23(28)15-14-22(25-27)21-12-10-18(3)11-13-21/h5-15,17,19H,16H2,1-4H3. The molecule has 0 bridgehead atoms. The van der Waals surface area contributed by atoms with Gasteiger partial charge >= 0.3 is 0 Å². The van der Waals surface area contributed by atoms with Gasteiger partial charge in [-0.3, -0.25) is 9.59 Å². The molecule has 0 spiro atoms. The van der Waals surface area contributed by atoms with Gasteiger partial charge in [-0.15, -0.1) is 0 Å². The SMILES string of the molecule is Cc1ccc(-c2ccc(=O)n(C(C)C(=O)N(Cc3ccccc3)C(C)C)n2)cc1. The normalized spacial score (nSPS) is 12.0. The van der Waals surface area contributed by atoms with Gasteiger partial charge in [0, 0.05) is 24.2 Å². The van der Waals surface area contributed by atoms with Gasteiger partial charge in [-0.2, -0.15) is 5.10 Å². The fourth-order valence-corrected chi connectivity index (χ4v) is 3.22. The summed E-state index contributed by atoms with van der Waals surface area (Å²) in [6, 6.07) is 20.3. The molecule has 3 aromatic rings. The molecular formula is C24H27N3O2. The highest BCUT2D eigenvalue weighted by molar-refractivity contribution is 5.80. The Hall–Kier alpha value is -3.21. The smallest absolute Gasteiger partial charge is 0.267 e. The molecule has 0 radical (unpaired) electrons. The topological polar surface area (TPSA) is 55.2 Å². The largest absolute Gasteiger partial charge is 0.334 e. The van der Waals surface area contributed by atoms with Crippen LogP contribution in [0.2, 0.25) is 0 Å². The first-order valence-corrected chi connectivity index (χ1v) is 9.88. The Kier molecular flexibility index (Phi) is 6.27. The van der Waals surface area contributed by atoms with Crippen LogP contribution in [-0.2, 0) is 11.3 Å². The van der Waals surface area contributed by atoms with Crippen molar-refractivity contribution in [2.24, 2.45) is 0 Å². The van der Waals surface area contributed by atoms with Gasteiger partial charge in [0.2, 0.25) is 5.91 Å². The first-order chi connectivity index (χ1) is 13.9. The summed E-state index contributed by atoms with van der Waals surface area (Å²) < 4.78 is 1.29. The van der Waals surface area contributed by atoms with E-state index in [1.807, 2.05) is 75.4 Å². The van der Waals surface area contributed by atoms with Gasteiger partial charge in [0.25, 0.3) is 5.56 Å². The van der Waals surface area contributed by atoms with Crippen LogP contribution in [0.5, 0.6) is 0 Å². The van der Waals surface area contributed by atoms with Gasteiger partial charge in [-0.05, 0) is 39.3 Å². The highest BCUT2D eigenvalue weighted by atomic mass is 16.2. The number of carbonyl (C=O) groups excluding carboxylic acids is 1. The molecule has 2 aromatic carbocycles. The van der Waals surface area contributed by atoms with Crippen LogP contribution < -0.4 is 5.56 Å². The molecule has 3 rings (SSSR count). The molecule has 0 aliphatic carbocycles. The summed E-state index contributed by atoms with van der Waals surface area (Å²) in [5, 5.41) is 4.50. The molecule has 1 unspecified atom stereocenters. The fourth-order valence-electron chi connectivity index (χ4n) is 3.22. The second kappa shape index (κ2) is 8.86. The quantitative estimate of drug-likeness (QED) is 0.634. The van der Waals surface area contributed by atoms with E-state index >= 15 is 0 Å². The predicted molar refractivity (Wildman–Crippen MR) is 116 cm³/mol. The second-order valence-electron chi connectivity index (χ2n) is 7.59. The van der Waals surface area contributed by atoms with Crippen molar-refractivity contribution in [3.63, 3.8) is 0 Å². The van der Waals surface area contributed by atoms with Crippen molar-refractivity contribution in [3.05, 3.63) is 88.2 Å². The molecule has 0 saturated heterocycles. The lowest BCUT2D eigenvalue weighted by Crippen LogP contribution is -2.43. The van der Waals surface area contributed by atoms with E-state index in [1.165, 1.54) is 10.7 Å². The van der Waals surface area contributed by atoms with E-state index in [-0.39, 0.29) is 17.5 Å². The van der Waals surface area contributed by atoms with Crippen molar-refractivity contribution in [1.82, 2.24) is 14.7 Å². The Labute approximate surface area is 171 Å². The lowest BCUT2D eigenvalue weighted by atomic mass is 10.1. The van der Waals surface area contributed by atoms with Crippen molar-refractivity contribution in [2.75, 3.05) is 0 Å². The van der Waals surface area contributed by atoms with Gasteiger partial charge < -0.3 is 4.90 Å². The fraction of sp³-hybridized carbons (Fsp3) is 0.292. The average molecular weight is 389 g/mol. The zero-order chi connectivity index (χ0) is 21.0. The Morgan fingerprint density at radius 1 is 0.966 bits per heavy atom. The number of carbonyl (C=O) groups is 1. The molecule has 0 aliphatic rings. The molecule has 1 amide bonds. The summed E-state index contributed by atoms with van der Waals surface area (Å²) in [7, 11) is 0. The first-order valence-electron chi connectivity index (χ1n) is 9.88. The predicted octanol–water partition coefficient (Wildman–Crippen LogP) is 4.22. The zero-order valence-electron chi connectivity index (χ0n) is 17.4. The minimum Gasteiger partial charge on any atom is -0.334 e. The maximum atomic E-state index is 13.3. The summed E-state index contributed by atoms with van der Waals surface area (Å²) in [6.07, 6.45) is 0. The highest BCUT2D eigenvalue weighted by Gasteiger charge is 2.26. The molecule has 0 fully saturated rings. The number of benzene rings is 2. The Morgan fingerprint density at radius 3 is 2.24 bits per heavy atom. The summed E-state index contributed by atoms with van der Waals surface area (Å²) in [5.74, 6) is -0.125. The summed E-state index contributed by atoms with van der Waals surface area (Å²) in [5.41, 5.74) is 3.50. The number of hydrogen-bond acceptors (Lipinski definition) is 3. The first kappa shape index (κ1) is 20.5. The van der Waals surface area contributed by atoms with E-state index in [0.29, 0.717) is 12.2 Å². The van der Waals surface area contributed by atoms with Gasteiger partial charge in [0.15, 0.2) is 0 Å². The van der Waals surface area contributed by atoms with Crippen LogP contribution in [0.3, 0.4) is 0 Å². The molecule has 1 heterocycles. The van der Waals surface area contributed by atoms with Crippen molar-refractivity contribution in [2.45, 2.75) is 46.3 Å². The Bertz CT molecular complexity index is 1020. The molecule has 5 nitrogen and oxygen atoms in total. The number of amides is 1. The van der Waals surface area contributed by atoms with Gasteiger partial charge in [0.05, 0.1) is 5.69 Å². The van der Waals surface area contributed by atoms with Crippen LogP contribution in [0.15, 0.2) is 71.5 Å². The van der Waals surface area contributed by atoms with Crippen molar-refractivity contribution >= 4 is 5.91 Å². The third-order valence-electron chi connectivity index (χ3n) is 5.00. The molecule has 0 aliphatic heterocycles. The van der Waals surface area contributed by atoms with E-state index in [2.05, 4.69) is 5.10 Å². The van der Waals surface area contributed by atoms with E-state index in [0.717, 1.165) is 16.7 Å². The number of nitrogens with zero attached hydrogens (tertiary/aromatic N) is 3. The minimum absolute atomic E-state index is 0.00105. The van der Waals surface area contributed by atoms with Gasteiger partial charge in [-0.1, -0.05) is 60.2 Å². The Morgan fingerprint density at radius 2 is 1.62 bits per heavy atom. The maximum absolute atomic E-state index is 13.3. The number of aromatic nitrogens is 2. The molecule has 0 N–H and O–H groups in total. The second-order valence-corrected chi connectivity index (χ2v) is 7.59. The average Bonchev–Trinajstić information content (AvgIpc) is 2.72. The van der Waals surface area contributed by atoms with Crippen molar-refractivity contribution < 1.29 is 4.79 Å². The van der Waals surface area contributed by atoms with Crippen LogP contribution in [0.25, 0.3) is 11.3 Å². The highest BCUT2D eigenvalue weighted by Crippen LogP contribution is 2.18. The van der Waals surface area contributed by atoms with Crippen LogP contribution >= 0.6 is 0 Å². The van der Waals surface area contributed by atoms with Gasteiger partial charge in [-0.25, -0.2) is 4.68 Å². The van der Waals surface area contributed by atoms with Crippen LogP contribution in [0.4, 0.5) is 0 Å². The number of hydrogen-bond donors (Lipinski definition) is 0. The van der Waals surface area contributed by atoms with E-state index in [9.17, 15) is 9.59 Å². The lowest BCUT2D eigenvalue weighted by molar-refractivity contribution is -0.137. The summed E-state index contributed by atoms with van der Waals surface area (Å²) in [6.45, 7) is 8.20. The minimum atomic E-state index is -0.695. The molecule has 1 aromatic heterocycles. The molecule has 1 atom stereocenters. The van der Waals surface area contributed by atoms with Crippen molar-refractivity contribution in [1.29, 1.82) is 0 Å². The number of aryl methyl sites for hydroxylation is 1. The zero-order valence-corrected chi connectivity index (χ0v) is 17.4. The van der Waals surface area contributed by atoms with E-state index < -0.39 is 6.04 Å². The molecular weight excluding hydrogens is 362 g/mol. The third kappa shape index (κ3) is 4.80. The van der Waals surface area contributed by atoms with E-state index in [4.69, 9.17) is 0 Å². The van der Waals surface area contributed by atoms with Crippen LogP contribution in [0.1, 0.15) is 37.9 Å².